The molecule has 98 valence electrons. The van der Waals surface area contributed by atoms with Gasteiger partial charge in [-0.1, -0.05) is 6.92 Å². The third-order valence-corrected chi connectivity index (χ3v) is 3.15. The highest BCUT2D eigenvalue weighted by Crippen LogP contribution is 2.17. The van der Waals surface area contributed by atoms with Crippen molar-refractivity contribution in [2.45, 2.75) is 45.6 Å². The highest BCUT2D eigenvalue weighted by molar-refractivity contribution is 7.98. The second-order valence-corrected chi connectivity index (χ2v) is 6.23. The van der Waals surface area contributed by atoms with E-state index in [0.717, 1.165) is 30.5 Å². The van der Waals surface area contributed by atoms with Gasteiger partial charge in [0, 0.05) is 30.2 Å². The van der Waals surface area contributed by atoms with E-state index in [1.807, 2.05) is 0 Å². The zero-order chi connectivity index (χ0) is 12.9. The van der Waals surface area contributed by atoms with Crippen molar-refractivity contribution in [1.82, 2.24) is 15.5 Å². The van der Waals surface area contributed by atoms with Gasteiger partial charge in [-0.05, 0) is 27.0 Å². The molecule has 0 radical (unpaired) electrons. The molecule has 0 saturated heterocycles. The van der Waals surface area contributed by atoms with E-state index >= 15 is 0 Å². The zero-order valence-corrected chi connectivity index (χ0v) is 12.2. The van der Waals surface area contributed by atoms with E-state index < -0.39 is 0 Å². The van der Waals surface area contributed by atoms with E-state index in [1.165, 1.54) is 0 Å². The maximum atomic E-state index is 5.64. The Hall–Kier alpha value is -0.550. The number of thioether (sulfide) groups is 1. The zero-order valence-electron chi connectivity index (χ0n) is 11.4. The van der Waals surface area contributed by atoms with Gasteiger partial charge < -0.3 is 9.73 Å². The Labute approximate surface area is 108 Å². The number of rotatable bonds is 6. The summed E-state index contributed by atoms with van der Waals surface area (Å²) >= 11 is 1.79. The van der Waals surface area contributed by atoms with Gasteiger partial charge in [-0.25, -0.2) is 0 Å². The Balaban J connectivity index is 2.40. The Morgan fingerprint density at radius 1 is 1.35 bits per heavy atom. The van der Waals surface area contributed by atoms with Crippen LogP contribution < -0.4 is 5.32 Å². The fraction of sp³-hybridized carbons (Fsp3) is 0.833. The van der Waals surface area contributed by atoms with Crippen LogP contribution in [0.2, 0.25) is 0 Å². The fourth-order valence-electron chi connectivity index (χ4n) is 1.43. The van der Waals surface area contributed by atoms with E-state index in [9.17, 15) is 0 Å². The standard InChI is InChI=1S/C12H23N3OS/c1-9(8-17-5)11-15-14-10(16-11)6-7-13-12(2,3)4/h9,13H,6-8H2,1-5H3. The highest BCUT2D eigenvalue weighted by atomic mass is 32.2. The molecule has 0 spiro atoms. The second kappa shape index (κ2) is 6.40. The number of hydrogen-bond acceptors (Lipinski definition) is 5. The lowest BCUT2D eigenvalue weighted by molar-refractivity contribution is 0.396. The summed E-state index contributed by atoms with van der Waals surface area (Å²) in [4.78, 5) is 0. The maximum absolute atomic E-state index is 5.64. The molecule has 0 aliphatic rings. The molecule has 0 aliphatic heterocycles. The second-order valence-electron chi connectivity index (χ2n) is 5.32. The van der Waals surface area contributed by atoms with Crippen LogP contribution in [-0.2, 0) is 6.42 Å². The highest BCUT2D eigenvalue weighted by Gasteiger charge is 2.14. The summed E-state index contributed by atoms with van der Waals surface area (Å²) in [5, 5.41) is 11.6. The van der Waals surface area contributed by atoms with Gasteiger partial charge >= 0.3 is 0 Å². The van der Waals surface area contributed by atoms with Crippen molar-refractivity contribution in [3.63, 3.8) is 0 Å². The van der Waals surface area contributed by atoms with Gasteiger partial charge in [0.1, 0.15) is 0 Å². The number of aromatic nitrogens is 2. The first-order chi connectivity index (χ1) is 7.92. The molecule has 5 heteroatoms. The predicted molar refractivity (Wildman–Crippen MR) is 72.6 cm³/mol. The first-order valence-corrected chi connectivity index (χ1v) is 7.38. The Bertz CT molecular complexity index is 333. The van der Waals surface area contributed by atoms with Crippen LogP contribution in [0, 0.1) is 0 Å². The van der Waals surface area contributed by atoms with Gasteiger partial charge in [-0.15, -0.1) is 10.2 Å². The molecule has 1 aromatic heterocycles. The lowest BCUT2D eigenvalue weighted by Gasteiger charge is -2.19. The summed E-state index contributed by atoms with van der Waals surface area (Å²) in [7, 11) is 0. The van der Waals surface area contributed by atoms with Gasteiger partial charge in [0.15, 0.2) is 0 Å². The molecule has 1 atom stereocenters. The van der Waals surface area contributed by atoms with E-state index in [0.29, 0.717) is 5.92 Å². The average molecular weight is 257 g/mol. The van der Waals surface area contributed by atoms with Gasteiger partial charge in [0.2, 0.25) is 11.8 Å². The van der Waals surface area contributed by atoms with Crippen LogP contribution >= 0.6 is 11.8 Å². The summed E-state index contributed by atoms with van der Waals surface area (Å²) < 4.78 is 5.64. The summed E-state index contributed by atoms with van der Waals surface area (Å²) in [6.07, 6.45) is 2.87. The molecule has 0 bridgehead atoms. The minimum Gasteiger partial charge on any atom is -0.425 e. The van der Waals surface area contributed by atoms with Crippen LogP contribution in [0.1, 0.15) is 45.4 Å². The molecule has 4 nitrogen and oxygen atoms in total. The van der Waals surface area contributed by atoms with Crippen LogP contribution in [0.5, 0.6) is 0 Å². The summed E-state index contributed by atoms with van der Waals surface area (Å²) in [5.41, 5.74) is 0.134. The van der Waals surface area contributed by atoms with Gasteiger partial charge in [-0.2, -0.15) is 11.8 Å². The number of hydrogen-bond donors (Lipinski definition) is 1. The van der Waals surface area contributed by atoms with E-state index in [-0.39, 0.29) is 5.54 Å². The van der Waals surface area contributed by atoms with E-state index in [1.54, 1.807) is 11.8 Å². The summed E-state index contributed by atoms with van der Waals surface area (Å²) in [6, 6.07) is 0. The first kappa shape index (κ1) is 14.5. The quantitative estimate of drug-likeness (QED) is 0.848. The largest absolute Gasteiger partial charge is 0.425 e. The van der Waals surface area contributed by atoms with Gasteiger partial charge in [-0.3, -0.25) is 0 Å². The fourth-order valence-corrected chi connectivity index (χ4v) is 2.08. The topological polar surface area (TPSA) is 51.0 Å². The van der Waals surface area contributed by atoms with Crippen LogP contribution in [0.25, 0.3) is 0 Å². The molecule has 0 amide bonds. The van der Waals surface area contributed by atoms with Crippen molar-refractivity contribution in [3.8, 4) is 0 Å². The molecule has 1 heterocycles. The molecule has 1 aromatic rings. The normalized spacial score (nSPS) is 13.9. The molecule has 0 saturated carbocycles. The number of nitrogens with zero attached hydrogens (tertiary/aromatic N) is 2. The molecule has 0 aliphatic carbocycles. The minimum absolute atomic E-state index is 0.134. The monoisotopic (exact) mass is 257 g/mol. The Morgan fingerprint density at radius 3 is 2.65 bits per heavy atom. The summed E-state index contributed by atoms with van der Waals surface area (Å²) in [5.74, 6) is 2.83. The van der Waals surface area contributed by atoms with Crippen molar-refractivity contribution in [1.29, 1.82) is 0 Å². The molecule has 17 heavy (non-hydrogen) atoms. The maximum Gasteiger partial charge on any atom is 0.220 e. The minimum atomic E-state index is 0.134. The van der Waals surface area contributed by atoms with Crippen LogP contribution in [0.15, 0.2) is 4.42 Å². The van der Waals surface area contributed by atoms with Gasteiger partial charge in [0.25, 0.3) is 0 Å². The third-order valence-electron chi connectivity index (χ3n) is 2.31. The summed E-state index contributed by atoms with van der Waals surface area (Å²) in [6.45, 7) is 9.41. The van der Waals surface area contributed by atoms with Crippen molar-refractivity contribution < 1.29 is 4.42 Å². The van der Waals surface area contributed by atoms with Crippen LogP contribution in [-0.4, -0.2) is 34.3 Å². The van der Waals surface area contributed by atoms with Gasteiger partial charge in [0.05, 0.1) is 0 Å². The molecule has 1 rings (SSSR count). The molecular formula is C12H23N3OS. The van der Waals surface area contributed by atoms with Crippen molar-refractivity contribution >= 4 is 11.8 Å². The molecular weight excluding hydrogens is 234 g/mol. The van der Waals surface area contributed by atoms with Crippen molar-refractivity contribution in [2.75, 3.05) is 18.6 Å². The first-order valence-electron chi connectivity index (χ1n) is 5.98. The van der Waals surface area contributed by atoms with Crippen LogP contribution in [0.4, 0.5) is 0 Å². The van der Waals surface area contributed by atoms with Crippen molar-refractivity contribution in [3.05, 3.63) is 11.8 Å². The van der Waals surface area contributed by atoms with Crippen molar-refractivity contribution in [2.24, 2.45) is 0 Å². The molecule has 0 aromatic carbocycles. The molecule has 0 fully saturated rings. The Morgan fingerprint density at radius 2 is 2.06 bits per heavy atom. The SMILES string of the molecule is CSCC(C)c1nnc(CCNC(C)(C)C)o1. The third kappa shape index (κ3) is 5.55. The van der Waals surface area contributed by atoms with Crippen LogP contribution in [0.3, 0.4) is 0 Å². The molecule has 1 unspecified atom stereocenters. The molecule has 1 N–H and O–H groups in total. The number of nitrogens with one attached hydrogen (secondary N) is 1. The van der Waals surface area contributed by atoms with E-state index in [2.05, 4.69) is 49.5 Å². The smallest absolute Gasteiger partial charge is 0.220 e. The van der Waals surface area contributed by atoms with E-state index in [4.69, 9.17) is 4.42 Å². The Kier molecular flexibility index (Phi) is 5.46. The average Bonchev–Trinajstić information content (AvgIpc) is 2.65. The predicted octanol–water partition coefficient (Wildman–Crippen LogP) is 2.47. The lowest BCUT2D eigenvalue weighted by atomic mass is 10.1. The lowest BCUT2D eigenvalue weighted by Crippen LogP contribution is -2.37.